The monoisotopic (exact) mass is 408 g/mol. The number of amides is 2. The van der Waals surface area contributed by atoms with Crippen molar-refractivity contribution >= 4 is 44.8 Å². The predicted octanol–water partition coefficient (Wildman–Crippen LogP) is 2.91. The van der Waals surface area contributed by atoms with E-state index in [2.05, 4.69) is 5.32 Å². The highest BCUT2D eigenvalue weighted by Crippen LogP contribution is 2.32. The number of carbonyl (C=O) groups excluding carboxylic acids is 2. The summed E-state index contributed by atoms with van der Waals surface area (Å²) >= 11 is 6.19. The molecule has 2 aromatic rings. The maximum atomic E-state index is 12.5. The highest BCUT2D eigenvalue weighted by molar-refractivity contribution is 7.94. The molecule has 1 fully saturated rings. The summed E-state index contributed by atoms with van der Waals surface area (Å²) in [5, 5.41) is 2.72. The first-order valence-electron chi connectivity index (χ1n) is 8.05. The lowest BCUT2D eigenvalue weighted by Crippen LogP contribution is -2.30. The maximum absolute atomic E-state index is 12.5. The number of methoxy groups -OCH3 is 1. The van der Waals surface area contributed by atoms with Gasteiger partial charge in [0.1, 0.15) is 5.75 Å². The molecule has 142 valence electrons. The van der Waals surface area contributed by atoms with Gasteiger partial charge in [-0.15, -0.1) is 0 Å². The van der Waals surface area contributed by atoms with Crippen molar-refractivity contribution in [3.8, 4) is 5.75 Å². The van der Waals surface area contributed by atoms with Crippen molar-refractivity contribution in [1.29, 1.82) is 0 Å². The molecule has 0 spiro atoms. The van der Waals surface area contributed by atoms with E-state index in [1.807, 2.05) is 0 Å². The molecule has 9 heteroatoms. The first-order chi connectivity index (χ1) is 12.7. The standard InChI is InChI=1S/C18H17ClN2O5S/c1-11-10-27(24,25)21(18(11)23)12-7-8-13(14(19)9-12)17(22)20-15-5-3-4-6-16(15)26-2/h3-9,11H,10H2,1-2H3,(H,20,22)/t11-/m1/s1. The summed E-state index contributed by atoms with van der Waals surface area (Å²) in [7, 11) is -2.25. The number of ether oxygens (including phenoxy) is 1. The minimum Gasteiger partial charge on any atom is -0.495 e. The molecule has 0 unspecified atom stereocenters. The molecule has 0 aliphatic carbocycles. The van der Waals surface area contributed by atoms with Crippen LogP contribution in [0.1, 0.15) is 17.3 Å². The molecular formula is C18H17ClN2O5S. The molecule has 0 saturated carbocycles. The number of anilines is 2. The second-order valence-electron chi connectivity index (χ2n) is 6.10. The Balaban J connectivity index is 1.89. The summed E-state index contributed by atoms with van der Waals surface area (Å²) in [6, 6.07) is 11.0. The van der Waals surface area contributed by atoms with Crippen LogP contribution in [-0.4, -0.2) is 33.1 Å². The fraction of sp³-hybridized carbons (Fsp3) is 0.222. The predicted molar refractivity (Wildman–Crippen MR) is 103 cm³/mol. The number of halogens is 1. The van der Waals surface area contributed by atoms with Crippen molar-refractivity contribution in [2.75, 3.05) is 22.5 Å². The van der Waals surface area contributed by atoms with E-state index in [4.69, 9.17) is 16.3 Å². The quantitative estimate of drug-likeness (QED) is 0.839. The van der Waals surface area contributed by atoms with Crippen molar-refractivity contribution in [2.24, 2.45) is 5.92 Å². The fourth-order valence-corrected chi connectivity index (χ4v) is 4.91. The van der Waals surface area contributed by atoms with E-state index in [0.29, 0.717) is 11.4 Å². The number of sulfonamides is 1. The third-order valence-corrected chi connectivity index (χ3v) is 6.33. The summed E-state index contributed by atoms with van der Waals surface area (Å²) in [5.41, 5.74) is 0.725. The molecule has 0 bridgehead atoms. The Morgan fingerprint density at radius 3 is 2.56 bits per heavy atom. The summed E-state index contributed by atoms with van der Waals surface area (Å²) in [6.07, 6.45) is 0. The molecule has 1 aliphatic heterocycles. The van der Waals surface area contributed by atoms with E-state index >= 15 is 0 Å². The zero-order chi connectivity index (χ0) is 19.8. The first-order valence-corrected chi connectivity index (χ1v) is 10.0. The van der Waals surface area contributed by atoms with E-state index in [0.717, 1.165) is 4.31 Å². The summed E-state index contributed by atoms with van der Waals surface area (Å²) < 4.78 is 30.3. The molecule has 1 saturated heterocycles. The Morgan fingerprint density at radius 2 is 1.96 bits per heavy atom. The van der Waals surface area contributed by atoms with Gasteiger partial charge in [0.2, 0.25) is 15.9 Å². The number of rotatable bonds is 4. The van der Waals surface area contributed by atoms with E-state index in [-0.39, 0.29) is 22.0 Å². The molecule has 1 atom stereocenters. The number of carbonyl (C=O) groups is 2. The lowest BCUT2D eigenvalue weighted by atomic mass is 10.1. The number of para-hydroxylation sites is 2. The molecule has 1 N–H and O–H groups in total. The van der Waals surface area contributed by atoms with Crippen LogP contribution in [0.2, 0.25) is 5.02 Å². The third-order valence-electron chi connectivity index (χ3n) is 4.15. The molecule has 0 aromatic heterocycles. The van der Waals surface area contributed by atoms with E-state index < -0.39 is 27.8 Å². The number of hydrogen-bond donors (Lipinski definition) is 1. The van der Waals surface area contributed by atoms with Crippen LogP contribution in [0.15, 0.2) is 42.5 Å². The zero-order valence-electron chi connectivity index (χ0n) is 14.6. The summed E-state index contributed by atoms with van der Waals surface area (Å²) in [5.74, 6) is -1.39. The lowest BCUT2D eigenvalue weighted by molar-refractivity contribution is -0.119. The highest BCUT2D eigenvalue weighted by atomic mass is 35.5. The van der Waals surface area contributed by atoms with Gasteiger partial charge in [-0.1, -0.05) is 30.7 Å². The van der Waals surface area contributed by atoms with Gasteiger partial charge in [-0.3, -0.25) is 9.59 Å². The van der Waals surface area contributed by atoms with Gasteiger partial charge in [-0.25, -0.2) is 12.7 Å². The topological polar surface area (TPSA) is 92.8 Å². The average Bonchev–Trinajstić information content (AvgIpc) is 2.82. The van der Waals surface area contributed by atoms with Gasteiger partial charge >= 0.3 is 0 Å². The molecule has 3 rings (SSSR count). The van der Waals surface area contributed by atoms with Crippen LogP contribution < -0.4 is 14.4 Å². The number of nitrogens with zero attached hydrogens (tertiary/aromatic N) is 1. The number of nitrogens with one attached hydrogen (secondary N) is 1. The van der Waals surface area contributed by atoms with Gasteiger partial charge in [0.25, 0.3) is 5.91 Å². The minimum absolute atomic E-state index is 0.0300. The van der Waals surface area contributed by atoms with Crippen molar-refractivity contribution < 1.29 is 22.7 Å². The van der Waals surface area contributed by atoms with Crippen LogP contribution in [-0.2, 0) is 14.8 Å². The van der Waals surface area contributed by atoms with Gasteiger partial charge in [-0.2, -0.15) is 0 Å². The lowest BCUT2D eigenvalue weighted by Gasteiger charge is -2.17. The Labute approximate surface area is 161 Å². The SMILES string of the molecule is COc1ccccc1NC(=O)c1ccc(N2C(=O)[C@H](C)CS2(=O)=O)cc1Cl. The van der Waals surface area contributed by atoms with Gasteiger partial charge < -0.3 is 10.1 Å². The normalized spacial score (nSPS) is 18.4. The van der Waals surface area contributed by atoms with Crippen LogP contribution >= 0.6 is 11.6 Å². The van der Waals surface area contributed by atoms with Crippen molar-refractivity contribution in [3.05, 3.63) is 53.1 Å². The van der Waals surface area contributed by atoms with Gasteiger partial charge in [-0.05, 0) is 30.3 Å². The second kappa shape index (κ2) is 7.21. The van der Waals surface area contributed by atoms with E-state index in [1.54, 1.807) is 31.2 Å². The van der Waals surface area contributed by atoms with Crippen LogP contribution in [0.25, 0.3) is 0 Å². The van der Waals surface area contributed by atoms with Crippen LogP contribution in [0.3, 0.4) is 0 Å². The third kappa shape index (κ3) is 3.63. The van der Waals surface area contributed by atoms with E-state index in [1.165, 1.54) is 25.3 Å². The molecule has 2 amide bonds. The summed E-state index contributed by atoms with van der Waals surface area (Å²) in [6.45, 7) is 1.55. The zero-order valence-corrected chi connectivity index (χ0v) is 16.2. The Hall–Kier alpha value is -2.58. The molecule has 1 heterocycles. The number of benzene rings is 2. The fourth-order valence-electron chi connectivity index (χ4n) is 2.84. The minimum atomic E-state index is -3.74. The summed E-state index contributed by atoms with van der Waals surface area (Å²) in [4.78, 5) is 24.7. The molecular weight excluding hydrogens is 392 g/mol. The van der Waals surface area contributed by atoms with Crippen LogP contribution in [0.5, 0.6) is 5.75 Å². The van der Waals surface area contributed by atoms with Crippen LogP contribution in [0.4, 0.5) is 11.4 Å². The molecule has 7 nitrogen and oxygen atoms in total. The molecule has 2 aromatic carbocycles. The number of hydrogen-bond acceptors (Lipinski definition) is 5. The smallest absolute Gasteiger partial charge is 0.257 e. The van der Waals surface area contributed by atoms with Crippen molar-refractivity contribution in [2.45, 2.75) is 6.92 Å². The van der Waals surface area contributed by atoms with Gasteiger partial charge in [0, 0.05) is 0 Å². The van der Waals surface area contributed by atoms with Crippen molar-refractivity contribution in [3.63, 3.8) is 0 Å². The Kier molecular flexibility index (Phi) is 5.12. The molecule has 0 radical (unpaired) electrons. The van der Waals surface area contributed by atoms with E-state index in [9.17, 15) is 18.0 Å². The second-order valence-corrected chi connectivity index (χ2v) is 8.37. The largest absolute Gasteiger partial charge is 0.495 e. The maximum Gasteiger partial charge on any atom is 0.257 e. The highest BCUT2D eigenvalue weighted by Gasteiger charge is 2.42. The van der Waals surface area contributed by atoms with Gasteiger partial charge in [0.15, 0.2) is 0 Å². The molecule has 1 aliphatic rings. The van der Waals surface area contributed by atoms with Gasteiger partial charge in [0.05, 0.1) is 40.7 Å². The Bertz CT molecular complexity index is 1020. The van der Waals surface area contributed by atoms with Crippen molar-refractivity contribution in [1.82, 2.24) is 0 Å². The average molecular weight is 409 g/mol. The Morgan fingerprint density at radius 1 is 1.26 bits per heavy atom. The van der Waals surface area contributed by atoms with Crippen LogP contribution in [0, 0.1) is 5.92 Å². The first kappa shape index (κ1) is 19.2. The molecule has 27 heavy (non-hydrogen) atoms.